The Morgan fingerprint density at radius 3 is 2.67 bits per heavy atom. The van der Waals surface area contributed by atoms with E-state index < -0.39 is 0 Å². The molecule has 112 valence electrons. The molecule has 2 rings (SSSR count). The van der Waals surface area contributed by atoms with Gasteiger partial charge < -0.3 is 15.8 Å². The van der Waals surface area contributed by atoms with Crippen LogP contribution in [0, 0.1) is 0 Å². The minimum Gasteiger partial charge on any atom is -0.491 e. The Balaban J connectivity index is 1.91. The molecule has 0 atom stereocenters. The van der Waals surface area contributed by atoms with E-state index >= 15 is 0 Å². The molecular weight excluding hydrogens is 350 g/mol. The number of anilines is 1. The van der Waals surface area contributed by atoms with Crippen LogP contribution in [-0.4, -0.2) is 12.1 Å². The van der Waals surface area contributed by atoms with Gasteiger partial charge in [-0.2, -0.15) is 0 Å². The van der Waals surface area contributed by atoms with E-state index in [0.29, 0.717) is 12.5 Å². The van der Waals surface area contributed by atoms with Crippen LogP contribution in [0.5, 0.6) is 5.75 Å². The Bertz CT molecular complexity index is 608. The van der Waals surface area contributed by atoms with E-state index in [2.05, 4.69) is 31.6 Å². The van der Waals surface area contributed by atoms with Crippen molar-refractivity contribution in [2.24, 2.45) is 10.7 Å². The van der Waals surface area contributed by atoms with E-state index in [1.807, 2.05) is 44.2 Å². The average Bonchev–Trinajstić information content (AvgIpc) is 2.84. The van der Waals surface area contributed by atoms with E-state index in [-0.39, 0.29) is 6.10 Å². The summed E-state index contributed by atoms with van der Waals surface area (Å²) in [5.41, 5.74) is 7.90. The van der Waals surface area contributed by atoms with Crippen molar-refractivity contribution in [2.45, 2.75) is 26.5 Å². The molecule has 1 aromatic carbocycles. The molecule has 6 heteroatoms. The van der Waals surface area contributed by atoms with Gasteiger partial charge in [0.1, 0.15) is 5.75 Å². The molecule has 0 aliphatic rings. The fourth-order valence-electron chi connectivity index (χ4n) is 1.68. The SMILES string of the molecule is CC(C)Oc1ccc(NC(N)=NCc2csc(Br)c2)cc1. The predicted octanol–water partition coefficient (Wildman–Crippen LogP) is 4.22. The van der Waals surface area contributed by atoms with Crippen LogP contribution in [0.1, 0.15) is 19.4 Å². The van der Waals surface area contributed by atoms with E-state index in [0.717, 1.165) is 20.8 Å². The quantitative estimate of drug-likeness (QED) is 0.614. The number of aliphatic imine (C=N–C) groups is 1. The molecule has 1 aromatic heterocycles. The molecule has 4 nitrogen and oxygen atoms in total. The lowest BCUT2D eigenvalue weighted by atomic mass is 10.3. The summed E-state index contributed by atoms with van der Waals surface area (Å²) in [4.78, 5) is 4.31. The van der Waals surface area contributed by atoms with E-state index in [9.17, 15) is 0 Å². The van der Waals surface area contributed by atoms with Crippen molar-refractivity contribution < 1.29 is 4.74 Å². The standard InChI is InChI=1S/C15H18BrN3OS/c1-10(2)20-13-5-3-12(4-6-13)19-15(17)18-8-11-7-14(16)21-9-11/h3-7,9-10H,8H2,1-2H3,(H3,17,18,19). The second kappa shape index (κ2) is 7.47. The van der Waals surface area contributed by atoms with Crippen molar-refractivity contribution in [3.05, 3.63) is 45.1 Å². The van der Waals surface area contributed by atoms with Crippen LogP contribution in [0.15, 0.2) is 44.5 Å². The van der Waals surface area contributed by atoms with Crippen molar-refractivity contribution in [1.29, 1.82) is 0 Å². The molecular formula is C15H18BrN3OS. The van der Waals surface area contributed by atoms with Gasteiger partial charge in [0.05, 0.1) is 16.4 Å². The molecule has 2 aromatic rings. The highest BCUT2D eigenvalue weighted by atomic mass is 79.9. The number of guanidine groups is 1. The summed E-state index contributed by atoms with van der Waals surface area (Å²) >= 11 is 5.07. The average molecular weight is 368 g/mol. The van der Waals surface area contributed by atoms with Gasteiger partial charge in [-0.05, 0) is 71.1 Å². The molecule has 21 heavy (non-hydrogen) atoms. The summed E-state index contributed by atoms with van der Waals surface area (Å²) in [7, 11) is 0. The lowest BCUT2D eigenvalue weighted by molar-refractivity contribution is 0.242. The minimum atomic E-state index is 0.167. The van der Waals surface area contributed by atoms with Gasteiger partial charge >= 0.3 is 0 Å². The van der Waals surface area contributed by atoms with Crippen molar-refractivity contribution >= 4 is 38.9 Å². The molecule has 0 amide bonds. The van der Waals surface area contributed by atoms with Crippen LogP contribution in [-0.2, 0) is 6.54 Å². The molecule has 0 saturated heterocycles. The summed E-state index contributed by atoms with van der Waals surface area (Å²) in [6, 6.07) is 9.69. The number of nitrogens with one attached hydrogen (secondary N) is 1. The maximum absolute atomic E-state index is 5.88. The van der Waals surface area contributed by atoms with E-state index in [4.69, 9.17) is 10.5 Å². The van der Waals surface area contributed by atoms with Crippen LogP contribution in [0.25, 0.3) is 0 Å². The van der Waals surface area contributed by atoms with Gasteiger partial charge in [0.15, 0.2) is 5.96 Å². The molecule has 0 bridgehead atoms. The van der Waals surface area contributed by atoms with Gasteiger partial charge in [0.2, 0.25) is 0 Å². The van der Waals surface area contributed by atoms with Gasteiger partial charge in [0.25, 0.3) is 0 Å². The van der Waals surface area contributed by atoms with Crippen molar-refractivity contribution in [3.8, 4) is 5.75 Å². The first-order valence-corrected chi connectivity index (χ1v) is 8.27. The monoisotopic (exact) mass is 367 g/mol. The molecule has 3 N–H and O–H groups in total. The Labute approximate surface area is 137 Å². The van der Waals surface area contributed by atoms with Crippen LogP contribution in [0.2, 0.25) is 0 Å². The van der Waals surface area contributed by atoms with Gasteiger partial charge in [-0.1, -0.05) is 0 Å². The number of thiophene rings is 1. The molecule has 0 radical (unpaired) electrons. The van der Waals surface area contributed by atoms with E-state index in [1.165, 1.54) is 0 Å². The molecule has 0 aliphatic heterocycles. The molecule has 0 unspecified atom stereocenters. The number of hydrogen-bond acceptors (Lipinski definition) is 3. The first-order chi connectivity index (χ1) is 10.0. The Morgan fingerprint density at radius 1 is 1.38 bits per heavy atom. The van der Waals surface area contributed by atoms with Gasteiger partial charge in [-0.3, -0.25) is 0 Å². The Hall–Kier alpha value is -1.53. The van der Waals surface area contributed by atoms with Crippen LogP contribution >= 0.6 is 27.3 Å². The van der Waals surface area contributed by atoms with Gasteiger partial charge in [-0.15, -0.1) is 11.3 Å². The van der Waals surface area contributed by atoms with E-state index in [1.54, 1.807) is 11.3 Å². The number of halogens is 1. The maximum Gasteiger partial charge on any atom is 0.193 e. The summed E-state index contributed by atoms with van der Waals surface area (Å²) in [6.07, 6.45) is 0.167. The number of hydrogen-bond donors (Lipinski definition) is 2. The summed E-state index contributed by atoms with van der Waals surface area (Å²) in [6.45, 7) is 4.56. The van der Waals surface area contributed by atoms with Crippen molar-refractivity contribution in [2.75, 3.05) is 5.32 Å². The topological polar surface area (TPSA) is 59.6 Å². The number of nitrogens with zero attached hydrogens (tertiary/aromatic N) is 1. The minimum absolute atomic E-state index is 0.167. The fourth-order valence-corrected chi connectivity index (χ4v) is 2.88. The third kappa shape index (κ3) is 5.40. The predicted molar refractivity (Wildman–Crippen MR) is 93.2 cm³/mol. The molecule has 0 spiro atoms. The largest absolute Gasteiger partial charge is 0.491 e. The maximum atomic E-state index is 5.88. The zero-order valence-corrected chi connectivity index (χ0v) is 14.4. The smallest absolute Gasteiger partial charge is 0.193 e. The van der Waals surface area contributed by atoms with Crippen LogP contribution < -0.4 is 15.8 Å². The molecule has 0 fully saturated rings. The summed E-state index contributed by atoms with van der Waals surface area (Å²) < 4.78 is 6.69. The number of benzene rings is 1. The zero-order valence-electron chi connectivity index (χ0n) is 12.0. The number of ether oxygens (including phenoxy) is 1. The zero-order chi connectivity index (χ0) is 15.2. The lowest BCUT2D eigenvalue weighted by Gasteiger charge is -2.10. The second-order valence-electron chi connectivity index (χ2n) is 4.78. The lowest BCUT2D eigenvalue weighted by Crippen LogP contribution is -2.22. The number of nitrogens with two attached hydrogens (primary N) is 1. The highest BCUT2D eigenvalue weighted by Gasteiger charge is 2.00. The molecule has 0 saturated carbocycles. The van der Waals surface area contributed by atoms with Crippen molar-refractivity contribution in [3.63, 3.8) is 0 Å². The second-order valence-corrected chi connectivity index (χ2v) is 7.07. The van der Waals surface area contributed by atoms with Gasteiger partial charge in [-0.25, -0.2) is 4.99 Å². The summed E-state index contributed by atoms with van der Waals surface area (Å²) in [5, 5.41) is 5.12. The third-order valence-electron chi connectivity index (χ3n) is 2.55. The highest BCUT2D eigenvalue weighted by Crippen LogP contribution is 2.21. The Kier molecular flexibility index (Phi) is 5.64. The third-order valence-corrected chi connectivity index (χ3v) is 4.11. The first-order valence-electron chi connectivity index (χ1n) is 6.59. The van der Waals surface area contributed by atoms with Gasteiger partial charge in [0, 0.05) is 5.69 Å². The highest BCUT2D eigenvalue weighted by molar-refractivity contribution is 9.11. The molecule has 1 heterocycles. The normalized spacial score (nSPS) is 11.7. The van der Waals surface area contributed by atoms with Crippen LogP contribution in [0.4, 0.5) is 5.69 Å². The van der Waals surface area contributed by atoms with Crippen LogP contribution in [0.3, 0.4) is 0 Å². The number of rotatable bonds is 5. The molecule has 0 aliphatic carbocycles. The Morgan fingerprint density at radius 2 is 2.10 bits per heavy atom. The fraction of sp³-hybridized carbons (Fsp3) is 0.267. The van der Waals surface area contributed by atoms with Crippen molar-refractivity contribution in [1.82, 2.24) is 0 Å². The first kappa shape index (κ1) is 15.9. The summed E-state index contributed by atoms with van der Waals surface area (Å²) in [5.74, 6) is 1.24.